The van der Waals surface area contributed by atoms with E-state index in [0.717, 1.165) is 73.5 Å². The number of nitrogens with zero attached hydrogens (tertiary/aromatic N) is 4. The summed E-state index contributed by atoms with van der Waals surface area (Å²) in [5.41, 5.74) is 10.8. The van der Waals surface area contributed by atoms with Crippen LogP contribution in [0.2, 0.25) is 0 Å². The molecule has 7 aromatic rings. The van der Waals surface area contributed by atoms with Crippen LogP contribution in [0.25, 0.3) is 40.0 Å². The fraction of sp³-hybridized carbons (Fsp3) is 0.0698. The lowest BCUT2D eigenvalue weighted by Crippen LogP contribution is -2.38. The molecule has 0 N–H and O–H groups in total. The van der Waals surface area contributed by atoms with Crippen molar-refractivity contribution in [3.8, 4) is 28.2 Å². The fourth-order valence-electron chi connectivity index (χ4n) is 7.45. The highest BCUT2D eigenvalue weighted by Gasteiger charge is 2.32. The number of rotatable bonds is 6. The van der Waals surface area contributed by atoms with Gasteiger partial charge in [-0.05, 0) is 77.1 Å². The molecule has 1 aliphatic heterocycles. The van der Waals surface area contributed by atoms with Crippen LogP contribution in [0.1, 0.15) is 34.7 Å². The lowest BCUT2D eigenvalue weighted by molar-refractivity contribution is -0.384. The monoisotopic (exact) mass is 760 g/mol. The Kier molecular flexibility index (Phi) is 8.02. The van der Waals surface area contributed by atoms with Crippen molar-refractivity contribution >= 4 is 44.7 Å². The Balaban J connectivity index is 1.31. The standard InChI is InChI=1S/C43H29BrN4O3S/c44-32-18-15-30(16-19-32)41-36-24-17-27-9-7-8-14-35(27)39(36)45-43-47(41)42(49)38(52-43)26-31-25-37(28-10-3-1-4-11-28)46(40(31)29-12-5-2-6-13-29)33-20-22-34(23-21-33)48(50)51/h1-16,18-23,25-26,41H,17,24H2/b38-26+/t41-/m1/s1. The number of aromatic nitrogens is 2. The first kappa shape index (κ1) is 32.0. The van der Waals surface area contributed by atoms with E-state index in [9.17, 15) is 14.9 Å². The van der Waals surface area contributed by atoms with Gasteiger partial charge in [0.2, 0.25) is 0 Å². The number of nitro benzene ring substituents is 1. The topological polar surface area (TPSA) is 82.4 Å². The number of hydrogen-bond donors (Lipinski definition) is 0. The van der Waals surface area contributed by atoms with Crippen LogP contribution in [0, 0.1) is 10.1 Å². The number of thiazole rings is 1. The molecular formula is C43H29BrN4O3S. The minimum Gasteiger partial charge on any atom is -0.309 e. The van der Waals surface area contributed by atoms with Crippen molar-refractivity contribution in [1.82, 2.24) is 9.13 Å². The van der Waals surface area contributed by atoms with Gasteiger partial charge in [0.05, 0.1) is 32.6 Å². The van der Waals surface area contributed by atoms with E-state index in [1.807, 2.05) is 83.4 Å². The Hall–Kier alpha value is -5.90. The highest BCUT2D eigenvalue weighted by molar-refractivity contribution is 9.10. The quantitative estimate of drug-likeness (QED) is 0.125. The number of aryl methyl sites for hydroxylation is 1. The van der Waals surface area contributed by atoms with Gasteiger partial charge < -0.3 is 4.57 Å². The van der Waals surface area contributed by atoms with Crippen molar-refractivity contribution in [2.24, 2.45) is 4.99 Å². The molecule has 2 aliphatic rings. The zero-order valence-electron chi connectivity index (χ0n) is 27.6. The van der Waals surface area contributed by atoms with Crippen LogP contribution in [-0.4, -0.2) is 14.1 Å². The smallest absolute Gasteiger partial charge is 0.271 e. The number of non-ortho nitro benzene ring substituents is 1. The third kappa shape index (κ3) is 5.49. The Labute approximate surface area is 311 Å². The van der Waals surface area contributed by atoms with Gasteiger partial charge in [-0.1, -0.05) is 124 Å². The van der Waals surface area contributed by atoms with Crippen molar-refractivity contribution in [1.29, 1.82) is 0 Å². The second kappa shape index (κ2) is 13.0. The Morgan fingerprint density at radius 3 is 2.19 bits per heavy atom. The maximum absolute atomic E-state index is 14.7. The molecule has 0 spiro atoms. The SMILES string of the molecule is O=c1/c(=C\c2cc(-c3ccccc3)n(-c3ccc([N+](=O)[O-])cc3)c2-c2ccccc2)sc2n1[C@H](c1ccc(Br)cc1)C1=C(N=2)c2ccccc2CC1. The predicted molar refractivity (Wildman–Crippen MR) is 210 cm³/mol. The third-order valence-corrected chi connectivity index (χ3v) is 11.3. The fourth-order valence-corrected chi connectivity index (χ4v) is 8.71. The van der Waals surface area contributed by atoms with Gasteiger partial charge in [-0.2, -0.15) is 0 Å². The average Bonchev–Trinajstić information content (AvgIpc) is 3.71. The summed E-state index contributed by atoms with van der Waals surface area (Å²) < 4.78 is 5.55. The van der Waals surface area contributed by atoms with Crippen molar-refractivity contribution in [2.45, 2.75) is 18.9 Å². The first-order valence-electron chi connectivity index (χ1n) is 16.9. The number of hydrogen-bond acceptors (Lipinski definition) is 5. The van der Waals surface area contributed by atoms with Gasteiger partial charge in [0.1, 0.15) is 0 Å². The summed E-state index contributed by atoms with van der Waals surface area (Å²) in [5, 5.41) is 11.6. The van der Waals surface area contributed by atoms with Crippen LogP contribution in [0.4, 0.5) is 5.69 Å². The van der Waals surface area contributed by atoms with Gasteiger partial charge in [0.25, 0.3) is 11.2 Å². The van der Waals surface area contributed by atoms with Crippen LogP contribution in [0.3, 0.4) is 0 Å². The van der Waals surface area contributed by atoms with E-state index >= 15 is 0 Å². The van der Waals surface area contributed by atoms with Crippen molar-refractivity contribution in [2.75, 3.05) is 0 Å². The summed E-state index contributed by atoms with van der Waals surface area (Å²) in [6.07, 6.45) is 3.69. The molecule has 3 heterocycles. The molecule has 252 valence electrons. The first-order chi connectivity index (χ1) is 25.4. The zero-order chi connectivity index (χ0) is 35.3. The molecular weight excluding hydrogens is 732 g/mol. The van der Waals surface area contributed by atoms with Crippen molar-refractivity contribution in [3.63, 3.8) is 0 Å². The molecule has 0 unspecified atom stereocenters. The molecule has 0 saturated carbocycles. The molecule has 0 saturated heterocycles. The van der Waals surface area contributed by atoms with E-state index in [2.05, 4.69) is 63.0 Å². The lowest BCUT2D eigenvalue weighted by atomic mass is 9.83. The Morgan fingerprint density at radius 1 is 0.808 bits per heavy atom. The van der Waals surface area contributed by atoms with Gasteiger partial charge in [-0.25, -0.2) is 4.99 Å². The largest absolute Gasteiger partial charge is 0.309 e. The van der Waals surface area contributed by atoms with Gasteiger partial charge in [0, 0.05) is 33.4 Å². The molecule has 1 atom stereocenters. The van der Waals surface area contributed by atoms with E-state index in [1.54, 1.807) is 12.1 Å². The molecule has 0 bridgehead atoms. The second-order valence-electron chi connectivity index (χ2n) is 12.8. The molecule has 1 aliphatic carbocycles. The summed E-state index contributed by atoms with van der Waals surface area (Å²) >= 11 is 5.00. The number of fused-ring (bicyclic) bond motifs is 3. The minimum absolute atomic E-state index is 0.0189. The van der Waals surface area contributed by atoms with Crippen molar-refractivity contribution in [3.05, 3.63) is 202 Å². The molecule has 52 heavy (non-hydrogen) atoms. The molecule has 2 aromatic heterocycles. The van der Waals surface area contributed by atoms with Crippen LogP contribution in [0.15, 0.2) is 159 Å². The molecule has 9 rings (SSSR count). The number of halogens is 1. The second-order valence-corrected chi connectivity index (χ2v) is 14.8. The van der Waals surface area contributed by atoms with Gasteiger partial charge in [-0.3, -0.25) is 19.5 Å². The van der Waals surface area contributed by atoms with Gasteiger partial charge >= 0.3 is 0 Å². The molecule has 5 aromatic carbocycles. The van der Waals surface area contributed by atoms with E-state index < -0.39 is 4.92 Å². The maximum atomic E-state index is 14.7. The minimum atomic E-state index is -0.390. The van der Waals surface area contributed by atoms with E-state index in [0.29, 0.717) is 9.33 Å². The summed E-state index contributed by atoms with van der Waals surface area (Å²) in [6.45, 7) is 0. The third-order valence-electron chi connectivity index (χ3n) is 9.81. The number of benzene rings is 5. The maximum Gasteiger partial charge on any atom is 0.271 e. The molecule has 9 heteroatoms. The molecule has 0 amide bonds. The van der Waals surface area contributed by atoms with E-state index in [4.69, 9.17) is 4.99 Å². The highest BCUT2D eigenvalue weighted by Crippen LogP contribution is 2.42. The number of nitro groups is 1. The molecule has 0 radical (unpaired) electrons. The van der Waals surface area contributed by atoms with Crippen LogP contribution in [0.5, 0.6) is 0 Å². The lowest BCUT2D eigenvalue weighted by Gasteiger charge is -2.30. The summed E-state index contributed by atoms with van der Waals surface area (Å²) in [6, 6.07) is 45.2. The summed E-state index contributed by atoms with van der Waals surface area (Å²) in [5.74, 6) is 0. The summed E-state index contributed by atoms with van der Waals surface area (Å²) in [4.78, 5) is 31.8. The van der Waals surface area contributed by atoms with E-state index in [1.165, 1.54) is 29.0 Å². The van der Waals surface area contributed by atoms with E-state index in [-0.39, 0.29) is 17.3 Å². The van der Waals surface area contributed by atoms with Crippen LogP contribution >= 0.6 is 27.3 Å². The van der Waals surface area contributed by atoms with Gasteiger partial charge in [0.15, 0.2) is 4.80 Å². The average molecular weight is 762 g/mol. The van der Waals surface area contributed by atoms with Crippen molar-refractivity contribution < 1.29 is 4.92 Å². The Morgan fingerprint density at radius 2 is 1.48 bits per heavy atom. The predicted octanol–water partition coefficient (Wildman–Crippen LogP) is 9.11. The first-order valence-corrected chi connectivity index (χ1v) is 18.6. The molecule has 7 nitrogen and oxygen atoms in total. The van der Waals surface area contributed by atoms with Crippen LogP contribution in [-0.2, 0) is 6.42 Å². The normalized spacial score (nSPS) is 15.1. The van der Waals surface area contributed by atoms with Gasteiger partial charge in [-0.15, -0.1) is 0 Å². The molecule has 0 fully saturated rings. The van der Waals surface area contributed by atoms with Crippen LogP contribution < -0.4 is 14.9 Å². The number of allylic oxidation sites excluding steroid dienone is 1. The zero-order valence-corrected chi connectivity index (χ0v) is 30.1. The highest BCUT2D eigenvalue weighted by atomic mass is 79.9. The summed E-state index contributed by atoms with van der Waals surface area (Å²) in [7, 11) is 0. The Bertz CT molecular complexity index is 2730.